The molecule has 0 bridgehead atoms. The third-order valence-corrected chi connectivity index (χ3v) is 4.99. The lowest BCUT2D eigenvalue weighted by Gasteiger charge is -2.27. The van der Waals surface area contributed by atoms with Crippen LogP contribution in [-0.4, -0.2) is 30.4 Å². The van der Waals surface area contributed by atoms with Gasteiger partial charge < -0.3 is 19.9 Å². The average Bonchev–Trinajstić information content (AvgIpc) is 3.03. The maximum absolute atomic E-state index is 10.6. The van der Waals surface area contributed by atoms with Crippen molar-refractivity contribution in [3.05, 3.63) is 16.7 Å². The van der Waals surface area contributed by atoms with Crippen LogP contribution in [0.2, 0.25) is 0 Å². The summed E-state index contributed by atoms with van der Waals surface area (Å²) in [4.78, 5) is 0. The Morgan fingerprint density at radius 1 is 0.952 bits per heavy atom. The number of piperidine rings is 1. The zero-order chi connectivity index (χ0) is 14.6. The molecule has 4 rings (SSSR count). The van der Waals surface area contributed by atoms with Gasteiger partial charge in [-0.05, 0) is 45.7 Å². The van der Waals surface area contributed by atoms with E-state index < -0.39 is 0 Å². The molecule has 2 atom stereocenters. The minimum Gasteiger partial charge on any atom is -0.504 e. The van der Waals surface area contributed by atoms with E-state index in [4.69, 9.17) is 9.47 Å². The van der Waals surface area contributed by atoms with Gasteiger partial charge in [0.1, 0.15) is 18.0 Å². The third kappa shape index (κ3) is 2.00. The number of phenolic OH excluding ortho intramolecular Hbond substituents is 1. The highest BCUT2D eigenvalue weighted by molar-refractivity contribution is 5.66. The molecule has 0 radical (unpaired) electrons. The first-order chi connectivity index (χ1) is 10.1. The Balaban J connectivity index is 1.88. The summed E-state index contributed by atoms with van der Waals surface area (Å²) in [6.45, 7) is 6.25. The number of nitrogens with one attached hydrogen (secondary N) is 1. The largest absolute Gasteiger partial charge is 0.504 e. The number of phenols is 1. The number of aromatic hydroxyl groups is 1. The molecule has 2 N–H and O–H groups in total. The van der Waals surface area contributed by atoms with Gasteiger partial charge >= 0.3 is 0 Å². The molecule has 0 saturated carbocycles. The fourth-order valence-electron chi connectivity index (χ4n) is 4.07. The van der Waals surface area contributed by atoms with Crippen molar-refractivity contribution >= 4 is 0 Å². The van der Waals surface area contributed by atoms with E-state index in [1.807, 2.05) is 0 Å². The van der Waals surface area contributed by atoms with Crippen molar-refractivity contribution < 1.29 is 14.6 Å². The molecule has 4 heteroatoms. The van der Waals surface area contributed by atoms with Crippen LogP contribution >= 0.6 is 0 Å². The van der Waals surface area contributed by atoms with Crippen molar-refractivity contribution in [3.8, 4) is 17.2 Å². The van der Waals surface area contributed by atoms with Crippen LogP contribution in [0.4, 0.5) is 0 Å². The standard InChI is InChI=1S/C17H23NO3/c1-9-7-12-14(11-3-5-18-6-4-11)16-13(8-10(2)20-16)15(19)17(12)21-9/h9-11,18-19H,3-8H2,1-2H3. The van der Waals surface area contributed by atoms with E-state index in [1.165, 1.54) is 11.1 Å². The predicted molar refractivity (Wildman–Crippen MR) is 80.5 cm³/mol. The highest BCUT2D eigenvalue weighted by Gasteiger charge is 2.38. The van der Waals surface area contributed by atoms with Crippen LogP contribution in [0.3, 0.4) is 0 Å². The van der Waals surface area contributed by atoms with Gasteiger partial charge in [-0.25, -0.2) is 0 Å². The first-order valence-electron chi connectivity index (χ1n) is 8.09. The average molecular weight is 289 g/mol. The summed E-state index contributed by atoms with van der Waals surface area (Å²) in [5.41, 5.74) is 3.48. The van der Waals surface area contributed by atoms with Crippen molar-refractivity contribution in [1.29, 1.82) is 0 Å². The van der Waals surface area contributed by atoms with Gasteiger partial charge in [0.25, 0.3) is 0 Å². The Morgan fingerprint density at radius 3 is 2.29 bits per heavy atom. The Kier molecular flexibility index (Phi) is 3.03. The normalized spacial score (nSPS) is 27.9. The number of benzene rings is 1. The summed E-state index contributed by atoms with van der Waals surface area (Å²) >= 11 is 0. The van der Waals surface area contributed by atoms with E-state index in [0.717, 1.165) is 55.8 Å². The molecule has 21 heavy (non-hydrogen) atoms. The number of hydrogen-bond donors (Lipinski definition) is 2. The van der Waals surface area contributed by atoms with Crippen LogP contribution in [0.1, 0.15) is 49.3 Å². The smallest absolute Gasteiger partial charge is 0.165 e. The van der Waals surface area contributed by atoms with Crippen LogP contribution < -0.4 is 14.8 Å². The maximum Gasteiger partial charge on any atom is 0.165 e. The minimum atomic E-state index is 0.145. The molecule has 0 aliphatic carbocycles. The molecule has 114 valence electrons. The highest BCUT2D eigenvalue weighted by Crippen LogP contribution is 2.53. The summed E-state index contributed by atoms with van der Waals surface area (Å²) in [6.07, 6.45) is 4.22. The lowest BCUT2D eigenvalue weighted by Crippen LogP contribution is -2.27. The van der Waals surface area contributed by atoms with Gasteiger partial charge in [-0.2, -0.15) is 0 Å². The Hall–Kier alpha value is -1.42. The van der Waals surface area contributed by atoms with Gasteiger partial charge in [-0.15, -0.1) is 0 Å². The first-order valence-corrected chi connectivity index (χ1v) is 8.09. The predicted octanol–water partition coefficient (Wildman–Crippen LogP) is 2.51. The molecule has 1 aromatic rings. The highest BCUT2D eigenvalue weighted by atomic mass is 16.5. The van der Waals surface area contributed by atoms with E-state index in [2.05, 4.69) is 19.2 Å². The lowest BCUT2D eigenvalue weighted by atomic mass is 9.83. The molecule has 1 saturated heterocycles. The zero-order valence-electron chi connectivity index (χ0n) is 12.7. The summed E-state index contributed by atoms with van der Waals surface area (Å²) in [6, 6.07) is 0. The molecule has 3 aliphatic rings. The Morgan fingerprint density at radius 2 is 1.57 bits per heavy atom. The number of fused-ring (bicyclic) bond motifs is 2. The zero-order valence-corrected chi connectivity index (χ0v) is 12.7. The molecule has 3 heterocycles. The van der Waals surface area contributed by atoms with Crippen LogP contribution in [0, 0.1) is 0 Å². The summed E-state index contributed by atoms with van der Waals surface area (Å²) < 4.78 is 12.0. The van der Waals surface area contributed by atoms with Crippen molar-refractivity contribution in [3.63, 3.8) is 0 Å². The van der Waals surface area contributed by atoms with Gasteiger partial charge in [-0.3, -0.25) is 0 Å². The summed E-state index contributed by atoms with van der Waals surface area (Å²) in [7, 11) is 0. The van der Waals surface area contributed by atoms with Crippen molar-refractivity contribution in [2.24, 2.45) is 0 Å². The summed E-state index contributed by atoms with van der Waals surface area (Å²) in [5.74, 6) is 2.54. The number of hydrogen-bond acceptors (Lipinski definition) is 4. The second-order valence-electron chi connectivity index (χ2n) is 6.67. The fraction of sp³-hybridized carbons (Fsp3) is 0.647. The molecule has 4 nitrogen and oxygen atoms in total. The van der Waals surface area contributed by atoms with Crippen molar-refractivity contribution in [2.45, 2.75) is 57.7 Å². The molecular formula is C17H23NO3. The van der Waals surface area contributed by atoms with Crippen LogP contribution in [-0.2, 0) is 12.8 Å². The SMILES string of the molecule is CC1Cc2c(c(O)c3c(c2C2CCNCC2)OC(C)C3)O1. The quantitative estimate of drug-likeness (QED) is 0.834. The van der Waals surface area contributed by atoms with E-state index in [-0.39, 0.29) is 12.2 Å². The molecule has 0 aromatic heterocycles. The van der Waals surface area contributed by atoms with Gasteiger partial charge in [0.05, 0.1) is 0 Å². The Labute approximate surface area is 125 Å². The van der Waals surface area contributed by atoms with Crippen LogP contribution in [0.5, 0.6) is 17.2 Å². The van der Waals surface area contributed by atoms with E-state index in [9.17, 15) is 5.11 Å². The molecule has 0 amide bonds. The topological polar surface area (TPSA) is 50.7 Å². The monoisotopic (exact) mass is 289 g/mol. The lowest BCUT2D eigenvalue weighted by molar-refractivity contribution is 0.244. The third-order valence-electron chi connectivity index (χ3n) is 4.99. The van der Waals surface area contributed by atoms with E-state index in [1.54, 1.807) is 0 Å². The molecule has 1 fully saturated rings. The van der Waals surface area contributed by atoms with Gasteiger partial charge in [0.2, 0.25) is 0 Å². The maximum atomic E-state index is 10.6. The van der Waals surface area contributed by atoms with E-state index in [0.29, 0.717) is 11.7 Å². The number of rotatable bonds is 1. The van der Waals surface area contributed by atoms with Gasteiger partial charge in [0.15, 0.2) is 11.5 Å². The van der Waals surface area contributed by atoms with Crippen molar-refractivity contribution in [1.82, 2.24) is 5.32 Å². The fourth-order valence-corrected chi connectivity index (χ4v) is 4.07. The molecule has 0 spiro atoms. The first kappa shape index (κ1) is 13.3. The van der Waals surface area contributed by atoms with Crippen LogP contribution in [0.25, 0.3) is 0 Å². The summed E-state index contributed by atoms with van der Waals surface area (Å²) in [5, 5.41) is 14.0. The number of ether oxygens (including phenoxy) is 2. The molecule has 2 unspecified atom stereocenters. The minimum absolute atomic E-state index is 0.145. The molecule has 1 aromatic carbocycles. The molecular weight excluding hydrogens is 266 g/mol. The van der Waals surface area contributed by atoms with Gasteiger partial charge in [0, 0.05) is 29.5 Å². The van der Waals surface area contributed by atoms with Crippen molar-refractivity contribution in [2.75, 3.05) is 13.1 Å². The Bertz CT molecular complexity index is 539. The second-order valence-corrected chi connectivity index (χ2v) is 6.67. The second kappa shape index (κ2) is 4.80. The van der Waals surface area contributed by atoms with E-state index >= 15 is 0 Å². The van der Waals surface area contributed by atoms with Gasteiger partial charge in [-0.1, -0.05) is 0 Å². The van der Waals surface area contributed by atoms with Crippen LogP contribution in [0.15, 0.2) is 0 Å². The molecule has 3 aliphatic heterocycles.